The quantitative estimate of drug-likeness (QED) is 0.350. The number of nitrogens with zero attached hydrogens (tertiary/aromatic N) is 1. The molecule has 2 rings (SSSR count). The van der Waals surface area contributed by atoms with Gasteiger partial charge < -0.3 is 20.1 Å². The number of nitrogens with one attached hydrogen (secondary N) is 2. The second-order valence-electron chi connectivity index (χ2n) is 5.43. The predicted molar refractivity (Wildman–Crippen MR) is 118 cm³/mol. The van der Waals surface area contributed by atoms with E-state index in [1.165, 1.54) is 0 Å². The Labute approximate surface area is 177 Å². The molecule has 0 aliphatic heterocycles. The number of ether oxygens (including phenoxy) is 2. The second-order valence-corrected chi connectivity index (χ2v) is 5.87. The Hall–Kier alpha value is -1.51. The minimum absolute atomic E-state index is 0. The first-order valence-electron chi connectivity index (χ1n) is 8.02. The third-order valence-corrected chi connectivity index (χ3v) is 4.04. The number of rotatable bonds is 7. The Kier molecular flexibility index (Phi) is 10.4. The van der Waals surface area contributed by atoms with Crippen molar-refractivity contribution in [2.24, 2.45) is 4.99 Å². The molecule has 0 bridgehead atoms. The number of aliphatic imine (C=N–C) groups is 1. The summed E-state index contributed by atoms with van der Waals surface area (Å²) in [5.41, 5.74) is 2.16. The maximum atomic E-state index is 6.05. The molecule has 0 heterocycles. The summed E-state index contributed by atoms with van der Waals surface area (Å²) in [6.07, 6.45) is -0.113. The Morgan fingerprint density at radius 1 is 1.12 bits per heavy atom. The second kappa shape index (κ2) is 12.0. The lowest BCUT2D eigenvalue weighted by molar-refractivity contribution is 0.106. The van der Waals surface area contributed by atoms with Gasteiger partial charge in [0.25, 0.3) is 0 Å². The topological polar surface area (TPSA) is 54.9 Å². The lowest BCUT2D eigenvalue weighted by Gasteiger charge is -2.19. The van der Waals surface area contributed by atoms with Crippen molar-refractivity contribution in [3.8, 4) is 5.75 Å². The molecule has 0 spiro atoms. The van der Waals surface area contributed by atoms with Gasteiger partial charge in [-0.25, -0.2) is 0 Å². The lowest BCUT2D eigenvalue weighted by Crippen LogP contribution is -2.39. The zero-order valence-corrected chi connectivity index (χ0v) is 18.2. The van der Waals surface area contributed by atoms with Gasteiger partial charge in [-0.2, -0.15) is 0 Å². The number of hydrogen-bond donors (Lipinski definition) is 2. The van der Waals surface area contributed by atoms with Gasteiger partial charge in [0.2, 0.25) is 0 Å². The minimum atomic E-state index is -0.113. The van der Waals surface area contributed by atoms with Gasteiger partial charge in [-0.3, -0.25) is 4.99 Å². The van der Waals surface area contributed by atoms with E-state index in [4.69, 9.17) is 21.1 Å². The highest BCUT2D eigenvalue weighted by atomic mass is 127. The maximum absolute atomic E-state index is 6.05. The molecule has 0 amide bonds. The van der Waals surface area contributed by atoms with Crippen LogP contribution in [0, 0.1) is 0 Å². The fourth-order valence-corrected chi connectivity index (χ4v) is 2.58. The van der Waals surface area contributed by atoms with Crippen LogP contribution in [0.3, 0.4) is 0 Å². The van der Waals surface area contributed by atoms with Gasteiger partial charge in [0.05, 0.1) is 13.2 Å². The molecule has 0 fully saturated rings. The van der Waals surface area contributed by atoms with E-state index in [-0.39, 0.29) is 30.1 Å². The Morgan fingerprint density at radius 2 is 1.85 bits per heavy atom. The van der Waals surface area contributed by atoms with Crippen molar-refractivity contribution < 1.29 is 9.47 Å². The summed E-state index contributed by atoms with van der Waals surface area (Å²) in [6.45, 7) is 1.25. The standard InChI is InChI=1S/C19H24ClN3O2.HI/c1-21-19(22-12-14-7-9-17(24-2)10-8-14)23-13-18(25-3)15-5-4-6-16(20)11-15;/h4-11,18H,12-13H2,1-3H3,(H2,21,22,23);1H. The van der Waals surface area contributed by atoms with Crippen LogP contribution in [-0.4, -0.2) is 33.8 Å². The van der Waals surface area contributed by atoms with Crippen molar-refractivity contribution in [3.05, 3.63) is 64.7 Å². The first kappa shape index (κ1) is 22.5. The van der Waals surface area contributed by atoms with Gasteiger partial charge in [0.1, 0.15) is 5.75 Å². The van der Waals surface area contributed by atoms with Crippen molar-refractivity contribution in [3.63, 3.8) is 0 Å². The molecule has 5 nitrogen and oxygen atoms in total. The lowest BCUT2D eigenvalue weighted by atomic mass is 10.1. The summed E-state index contributed by atoms with van der Waals surface area (Å²) in [4.78, 5) is 4.24. The van der Waals surface area contributed by atoms with Crippen LogP contribution in [0.15, 0.2) is 53.5 Å². The SMILES string of the molecule is CN=C(NCc1ccc(OC)cc1)NCC(OC)c1cccc(Cl)c1.I. The molecule has 2 aromatic carbocycles. The van der Waals surface area contributed by atoms with Crippen molar-refractivity contribution in [1.29, 1.82) is 0 Å². The Balaban J connectivity index is 0.00000338. The molecule has 1 atom stereocenters. The number of benzene rings is 2. The molecule has 0 aromatic heterocycles. The Morgan fingerprint density at radius 3 is 2.42 bits per heavy atom. The van der Waals surface area contributed by atoms with Crippen molar-refractivity contribution in [2.45, 2.75) is 12.6 Å². The van der Waals surface area contributed by atoms with E-state index in [0.29, 0.717) is 24.1 Å². The van der Waals surface area contributed by atoms with Crippen LogP contribution in [0.5, 0.6) is 5.75 Å². The first-order valence-corrected chi connectivity index (χ1v) is 8.39. The smallest absolute Gasteiger partial charge is 0.191 e. The Bertz CT molecular complexity index is 695. The molecule has 0 saturated heterocycles. The number of guanidine groups is 1. The van der Waals surface area contributed by atoms with E-state index >= 15 is 0 Å². The molecule has 2 aromatic rings. The van der Waals surface area contributed by atoms with Crippen molar-refractivity contribution >= 4 is 41.5 Å². The van der Waals surface area contributed by atoms with Gasteiger partial charge in [-0.1, -0.05) is 35.9 Å². The largest absolute Gasteiger partial charge is 0.497 e. The van der Waals surface area contributed by atoms with Gasteiger partial charge in [-0.15, -0.1) is 24.0 Å². The molecular formula is C19H25ClIN3O2. The van der Waals surface area contributed by atoms with Crippen molar-refractivity contribution in [1.82, 2.24) is 10.6 Å². The van der Waals surface area contributed by atoms with E-state index in [2.05, 4.69) is 15.6 Å². The maximum Gasteiger partial charge on any atom is 0.191 e. The summed E-state index contributed by atoms with van der Waals surface area (Å²) in [5, 5.41) is 7.26. The fraction of sp³-hybridized carbons (Fsp3) is 0.316. The van der Waals surface area contributed by atoms with Crippen LogP contribution in [-0.2, 0) is 11.3 Å². The van der Waals surface area contributed by atoms with Crippen LogP contribution in [0.2, 0.25) is 5.02 Å². The molecule has 1 unspecified atom stereocenters. The molecule has 0 radical (unpaired) electrons. The zero-order valence-electron chi connectivity index (χ0n) is 15.2. The van der Waals surface area contributed by atoms with E-state index in [9.17, 15) is 0 Å². The van der Waals surface area contributed by atoms with E-state index < -0.39 is 0 Å². The summed E-state index contributed by atoms with van der Waals surface area (Å²) in [6, 6.07) is 15.6. The average Bonchev–Trinajstić information content (AvgIpc) is 2.65. The van der Waals surface area contributed by atoms with Crippen LogP contribution < -0.4 is 15.4 Å². The molecule has 7 heteroatoms. The number of halogens is 2. The van der Waals surface area contributed by atoms with E-state index in [1.54, 1.807) is 21.3 Å². The predicted octanol–water partition coefficient (Wildman–Crippen LogP) is 4.02. The minimum Gasteiger partial charge on any atom is -0.497 e. The van der Waals surface area contributed by atoms with Gasteiger partial charge >= 0.3 is 0 Å². The van der Waals surface area contributed by atoms with Gasteiger partial charge in [0, 0.05) is 32.3 Å². The highest BCUT2D eigenvalue weighted by Crippen LogP contribution is 2.19. The number of hydrogen-bond acceptors (Lipinski definition) is 3. The summed E-state index contributed by atoms with van der Waals surface area (Å²) in [5.74, 6) is 1.55. The third kappa shape index (κ3) is 7.01. The monoisotopic (exact) mass is 489 g/mol. The summed E-state index contributed by atoms with van der Waals surface area (Å²) in [7, 11) is 5.08. The van der Waals surface area contributed by atoms with E-state index in [1.807, 2.05) is 48.5 Å². The summed E-state index contributed by atoms with van der Waals surface area (Å²) >= 11 is 6.05. The molecule has 142 valence electrons. The highest BCUT2D eigenvalue weighted by Gasteiger charge is 2.11. The average molecular weight is 490 g/mol. The van der Waals surface area contributed by atoms with Crippen LogP contribution in [0.1, 0.15) is 17.2 Å². The van der Waals surface area contributed by atoms with Crippen molar-refractivity contribution in [2.75, 3.05) is 27.8 Å². The molecule has 0 saturated carbocycles. The third-order valence-electron chi connectivity index (χ3n) is 3.80. The number of methoxy groups -OCH3 is 2. The molecule has 0 aliphatic rings. The van der Waals surface area contributed by atoms with Crippen LogP contribution >= 0.6 is 35.6 Å². The molecule has 26 heavy (non-hydrogen) atoms. The first-order chi connectivity index (χ1) is 12.2. The molecular weight excluding hydrogens is 465 g/mol. The molecule has 0 aliphatic carbocycles. The zero-order chi connectivity index (χ0) is 18.1. The van der Waals surface area contributed by atoms with E-state index in [0.717, 1.165) is 16.9 Å². The fourth-order valence-electron chi connectivity index (χ4n) is 2.38. The normalized spacial score (nSPS) is 12.1. The van der Waals surface area contributed by atoms with Gasteiger partial charge in [0.15, 0.2) is 5.96 Å². The van der Waals surface area contributed by atoms with Crippen LogP contribution in [0.4, 0.5) is 0 Å². The van der Waals surface area contributed by atoms with Crippen LogP contribution in [0.25, 0.3) is 0 Å². The summed E-state index contributed by atoms with van der Waals surface area (Å²) < 4.78 is 10.7. The van der Waals surface area contributed by atoms with Gasteiger partial charge in [-0.05, 0) is 35.4 Å². The molecule has 2 N–H and O–H groups in total. The highest BCUT2D eigenvalue weighted by molar-refractivity contribution is 14.0.